The van der Waals surface area contributed by atoms with E-state index in [9.17, 15) is 13.6 Å². The molecule has 0 aliphatic heterocycles. The van der Waals surface area contributed by atoms with Crippen molar-refractivity contribution in [1.29, 1.82) is 0 Å². The molecule has 0 saturated heterocycles. The van der Waals surface area contributed by atoms with Crippen molar-refractivity contribution in [2.24, 2.45) is 16.6 Å². The lowest BCUT2D eigenvalue weighted by Gasteiger charge is -2.27. The molecule has 2 atom stereocenters. The quantitative estimate of drug-likeness (QED) is 0.160. The lowest BCUT2D eigenvalue weighted by atomic mass is 9.92. The summed E-state index contributed by atoms with van der Waals surface area (Å²) in [6.07, 6.45) is 6.51. The van der Waals surface area contributed by atoms with Gasteiger partial charge in [-0.15, -0.1) is 0 Å². The van der Waals surface area contributed by atoms with Crippen LogP contribution < -0.4 is 16.4 Å². The second-order valence-electron chi connectivity index (χ2n) is 9.82. The zero-order valence-corrected chi connectivity index (χ0v) is 24.7. The molecule has 2 saturated carbocycles. The predicted molar refractivity (Wildman–Crippen MR) is 161 cm³/mol. The lowest BCUT2D eigenvalue weighted by molar-refractivity contribution is -0.105. The fraction of sp³-hybridized carbons (Fsp3) is 0.419. The highest BCUT2D eigenvalue weighted by Gasteiger charge is 2.53. The van der Waals surface area contributed by atoms with Crippen molar-refractivity contribution in [1.82, 2.24) is 5.32 Å². The minimum absolute atomic E-state index is 0.104. The fourth-order valence-electron chi connectivity index (χ4n) is 3.57. The molecule has 0 radical (unpaired) electrons. The van der Waals surface area contributed by atoms with Gasteiger partial charge in [0.2, 0.25) is 6.41 Å². The number of hydrogen-bond acceptors (Lipinski definition) is 5. The van der Waals surface area contributed by atoms with Gasteiger partial charge in [-0.05, 0) is 55.5 Å². The number of amides is 1. The van der Waals surface area contributed by atoms with Crippen LogP contribution in [-0.4, -0.2) is 25.6 Å². The highest BCUT2D eigenvalue weighted by atomic mass is 35.5. The van der Waals surface area contributed by atoms with E-state index < -0.39 is 5.92 Å². The second-order valence-corrected chi connectivity index (χ2v) is 10.2. The summed E-state index contributed by atoms with van der Waals surface area (Å²) in [5, 5.41) is 6.65. The van der Waals surface area contributed by atoms with Gasteiger partial charge in [-0.1, -0.05) is 69.1 Å². The fourth-order valence-corrected chi connectivity index (χ4v) is 3.86. The number of alkyl halides is 2. The highest BCUT2D eigenvalue weighted by Crippen LogP contribution is 2.47. The number of allylic oxidation sites excluding steroid dienone is 2. The van der Waals surface area contributed by atoms with Gasteiger partial charge in [0.05, 0.1) is 11.4 Å². The van der Waals surface area contributed by atoms with Gasteiger partial charge in [0.15, 0.2) is 5.88 Å². The molecule has 4 rings (SSSR count). The van der Waals surface area contributed by atoms with Gasteiger partial charge in [0, 0.05) is 41.9 Å². The van der Waals surface area contributed by atoms with Crippen LogP contribution in [-0.2, 0) is 9.53 Å². The number of hydrogen-bond donors (Lipinski definition) is 3. The monoisotopic (exact) mass is 574 g/mol. The van der Waals surface area contributed by atoms with Crippen molar-refractivity contribution in [2.75, 3.05) is 12.4 Å². The Hall–Kier alpha value is -3.39. The van der Waals surface area contributed by atoms with E-state index in [-0.39, 0.29) is 18.4 Å². The number of ether oxygens (including phenoxy) is 1. The minimum atomic E-state index is -2.29. The smallest absolute Gasteiger partial charge is 0.251 e. The molecule has 0 spiro atoms. The van der Waals surface area contributed by atoms with Gasteiger partial charge >= 0.3 is 0 Å². The number of aliphatic imine (C=N–C) groups is 1. The molecule has 2 aromatic rings. The number of anilines is 1. The zero-order valence-electron chi connectivity index (χ0n) is 23.9. The van der Waals surface area contributed by atoms with Crippen molar-refractivity contribution in [3.05, 3.63) is 81.8 Å². The summed E-state index contributed by atoms with van der Waals surface area (Å²) in [4.78, 5) is 14.8. The molecular formula is C31H41ClF2N4O2. The summed E-state index contributed by atoms with van der Waals surface area (Å²) in [5.41, 5.74) is 11.2. The molecule has 4 N–H and O–H groups in total. The van der Waals surface area contributed by atoms with E-state index >= 15 is 0 Å². The Morgan fingerprint density at radius 2 is 1.77 bits per heavy atom. The van der Waals surface area contributed by atoms with E-state index in [0.717, 1.165) is 30.4 Å². The second kappa shape index (κ2) is 16.0. The van der Waals surface area contributed by atoms with Gasteiger partial charge in [-0.3, -0.25) is 9.79 Å². The summed E-state index contributed by atoms with van der Waals surface area (Å²) < 4.78 is 29.4. The largest absolute Gasteiger partial charge is 0.471 e. The molecule has 218 valence electrons. The molecule has 9 heteroatoms. The van der Waals surface area contributed by atoms with Gasteiger partial charge in [-0.25, -0.2) is 8.78 Å². The van der Waals surface area contributed by atoms with Crippen LogP contribution in [0.2, 0.25) is 5.02 Å². The molecule has 2 aromatic carbocycles. The number of nitrogens with one attached hydrogen (secondary N) is 2. The Balaban J connectivity index is 0.000000533. The summed E-state index contributed by atoms with van der Waals surface area (Å²) in [5.74, 6) is -1.94. The van der Waals surface area contributed by atoms with Crippen molar-refractivity contribution < 1.29 is 18.3 Å². The van der Waals surface area contributed by atoms with Crippen molar-refractivity contribution in [2.45, 2.75) is 71.8 Å². The van der Waals surface area contributed by atoms with Gasteiger partial charge in [-0.2, -0.15) is 0 Å². The third-order valence-corrected chi connectivity index (χ3v) is 6.62. The average molecular weight is 575 g/mol. The van der Waals surface area contributed by atoms with E-state index in [0.29, 0.717) is 34.4 Å². The first-order chi connectivity index (χ1) is 19.1. The Bertz CT molecular complexity index is 1190. The van der Waals surface area contributed by atoms with Crippen molar-refractivity contribution in [3.8, 4) is 0 Å². The van der Waals surface area contributed by atoms with E-state index in [1.807, 2.05) is 43.3 Å². The molecular weight excluding hydrogens is 534 g/mol. The maximum absolute atomic E-state index is 11.5. The molecule has 2 aliphatic rings. The Labute approximate surface area is 241 Å². The van der Waals surface area contributed by atoms with E-state index in [2.05, 4.69) is 29.5 Å². The molecule has 1 amide bonds. The average Bonchev–Trinajstić information content (AvgIpc) is 3.46. The molecule has 2 aliphatic carbocycles. The third kappa shape index (κ3) is 9.97. The normalized spacial score (nSPS) is 18.0. The first-order valence-corrected chi connectivity index (χ1v) is 14.0. The van der Waals surface area contributed by atoms with Crippen molar-refractivity contribution >= 4 is 35.6 Å². The van der Waals surface area contributed by atoms with Crippen LogP contribution in [0, 0.1) is 5.92 Å². The first kappa shape index (κ1) is 32.8. The Morgan fingerprint density at radius 1 is 1.20 bits per heavy atom. The molecule has 0 aromatic heterocycles. The van der Waals surface area contributed by atoms with Crippen LogP contribution in [0.4, 0.5) is 14.5 Å². The molecule has 2 fully saturated rings. The number of carbonyl (C=O) groups is 1. The molecule has 2 unspecified atom stereocenters. The van der Waals surface area contributed by atoms with Gasteiger partial charge < -0.3 is 21.1 Å². The topological polar surface area (TPSA) is 88.7 Å². The van der Waals surface area contributed by atoms with Crippen LogP contribution in [0.5, 0.6) is 0 Å². The SMILES string of the molecule is CC1CC1(F)F.CCC.CN=C/C(NC(OC(C)c1ccccc1Cl)=C1CCC1)=C(\N)c1ccc(NC=O)cc1. The van der Waals surface area contributed by atoms with Gasteiger partial charge in [0.1, 0.15) is 6.10 Å². The number of carbonyl (C=O) groups excluding carboxylic acids is 1. The number of nitrogens with two attached hydrogens (primary N) is 1. The van der Waals surface area contributed by atoms with E-state index in [1.165, 1.54) is 12.0 Å². The van der Waals surface area contributed by atoms with Gasteiger partial charge in [0.25, 0.3) is 5.92 Å². The Morgan fingerprint density at radius 3 is 2.23 bits per heavy atom. The van der Waals surface area contributed by atoms with E-state index in [1.54, 1.807) is 32.3 Å². The number of halogens is 3. The van der Waals surface area contributed by atoms with Crippen molar-refractivity contribution in [3.63, 3.8) is 0 Å². The van der Waals surface area contributed by atoms with Crippen LogP contribution in [0.25, 0.3) is 5.70 Å². The Kier molecular flexibility index (Phi) is 13.1. The number of nitrogens with zero attached hydrogens (tertiary/aromatic N) is 1. The van der Waals surface area contributed by atoms with Crippen LogP contribution in [0.1, 0.15) is 77.0 Å². The maximum atomic E-state index is 11.5. The lowest BCUT2D eigenvalue weighted by Crippen LogP contribution is -2.24. The number of benzene rings is 2. The first-order valence-electron chi connectivity index (χ1n) is 13.6. The molecule has 0 bridgehead atoms. The minimum Gasteiger partial charge on any atom is -0.471 e. The molecule has 6 nitrogen and oxygen atoms in total. The van der Waals surface area contributed by atoms with Crippen LogP contribution >= 0.6 is 11.6 Å². The summed E-state index contributed by atoms with van der Waals surface area (Å²) >= 11 is 6.36. The predicted octanol–water partition coefficient (Wildman–Crippen LogP) is 8.08. The summed E-state index contributed by atoms with van der Waals surface area (Å²) in [7, 11) is 1.69. The van der Waals surface area contributed by atoms with Crippen LogP contribution in [0.15, 0.2) is 70.7 Å². The zero-order chi connectivity index (χ0) is 29.7. The third-order valence-electron chi connectivity index (χ3n) is 6.27. The molecule has 40 heavy (non-hydrogen) atoms. The summed E-state index contributed by atoms with van der Waals surface area (Å²) in [6.45, 7) is 7.78. The highest BCUT2D eigenvalue weighted by molar-refractivity contribution is 6.31. The summed E-state index contributed by atoms with van der Waals surface area (Å²) in [6, 6.07) is 14.9. The maximum Gasteiger partial charge on any atom is 0.251 e. The number of rotatable bonds is 9. The van der Waals surface area contributed by atoms with Crippen LogP contribution in [0.3, 0.4) is 0 Å². The molecule has 0 heterocycles. The standard InChI is InChI=1S/C24H27ClN4O2.C4H6F2.C3H8/c1-16(20-8-3-4-9-21(20)25)31-24(18-6-5-7-18)29-22(14-27-2)23(26)17-10-12-19(13-11-17)28-15-30;1-3-2-4(3,5)6;1-3-2/h3-4,8-16,29H,5-7,26H2,1-2H3,(H,28,30);3H,2H2,1H3;3H2,1-2H3/b23-22+,27-14?;;. The van der Waals surface area contributed by atoms with E-state index in [4.69, 9.17) is 22.1 Å².